The molecular weight excluding hydrogens is 684 g/mol. The summed E-state index contributed by atoms with van der Waals surface area (Å²) >= 11 is 0. The molecule has 1 atom stereocenters. The fourth-order valence-electron chi connectivity index (χ4n) is 7.15. The second-order valence-electron chi connectivity index (χ2n) is 13.2. The molecule has 2 saturated heterocycles. The predicted octanol–water partition coefficient (Wildman–Crippen LogP) is 2.25. The Balaban J connectivity index is 0.908. The van der Waals surface area contributed by atoms with E-state index in [9.17, 15) is 24.0 Å². The number of likely N-dealkylation sites (tertiary alicyclic amines) is 1. The van der Waals surface area contributed by atoms with E-state index in [2.05, 4.69) is 25.5 Å². The van der Waals surface area contributed by atoms with Crippen molar-refractivity contribution in [3.63, 3.8) is 0 Å². The number of hydrogen-bond acceptors (Lipinski definition) is 12. The van der Waals surface area contributed by atoms with Gasteiger partial charge in [0.25, 0.3) is 17.4 Å². The largest absolute Gasteiger partial charge is 0.496 e. The monoisotopic (exact) mass is 718 g/mol. The van der Waals surface area contributed by atoms with Gasteiger partial charge in [0.15, 0.2) is 0 Å². The Bertz CT molecular complexity index is 2370. The molecule has 2 aromatic carbocycles. The maximum absolute atomic E-state index is 13.2. The smallest absolute Gasteiger partial charge is 0.262 e. The van der Waals surface area contributed by atoms with Crippen molar-refractivity contribution < 1.29 is 33.4 Å². The van der Waals surface area contributed by atoms with Gasteiger partial charge in [-0.2, -0.15) is 0 Å². The Morgan fingerprint density at radius 1 is 0.887 bits per heavy atom. The number of hydrogen-bond donors (Lipinski definition) is 1. The number of carbonyl (C=O) groups is 4. The fourth-order valence-corrected chi connectivity index (χ4v) is 7.15. The third-order valence-corrected chi connectivity index (χ3v) is 9.95. The normalized spacial score (nSPS) is 17.6. The van der Waals surface area contributed by atoms with Crippen LogP contribution in [0.25, 0.3) is 21.9 Å². The number of piperidine rings is 1. The Labute approximate surface area is 301 Å². The first-order chi connectivity index (χ1) is 25.6. The van der Waals surface area contributed by atoms with Crippen LogP contribution in [0.3, 0.4) is 0 Å². The molecule has 3 aromatic heterocycles. The first kappa shape index (κ1) is 33.7. The summed E-state index contributed by atoms with van der Waals surface area (Å²) in [6.45, 7) is 2.07. The number of imide groups is 2. The minimum atomic E-state index is -1.04. The molecule has 16 heteroatoms. The van der Waals surface area contributed by atoms with E-state index in [1.165, 1.54) is 12.1 Å². The zero-order valence-corrected chi connectivity index (χ0v) is 29.1. The van der Waals surface area contributed by atoms with Gasteiger partial charge in [0, 0.05) is 57.3 Å². The lowest BCUT2D eigenvalue weighted by Gasteiger charge is -2.39. The van der Waals surface area contributed by atoms with Crippen LogP contribution in [-0.2, 0) is 29.8 Å². The minimum Gasteiger partial charge on any atom is -0.496 e. The molecular formula is C37H34N8O8. The molecule has 1 N–H and O–H groups in total. The molecule has 0 bridgehead atoms. The number of nitrogens with zero attached hydrogens (tertiary/aromatic N) is 7. The Kier molecular flexibility index (Phi) is 8.45. The highest BCUT2D eigenvalue weighted by Gasteiger charge is 2.44. The fraction of sp³-hybridized carbons (Fsp3) is 0.297. The van der Waals surface area contributed by atoms with Crippen molar-refractivity contribution in [3.8, 4) is 28.4 Å². The summed E-state index contributed by atoms with van der Waals surface area (Å²) in [5.41, 5.74) is 3.38. The van der Waals surface area contributed by atoms with E-state index in [1.807, 2.05) is 30.6 Å². The van der Waals surface area contributed by atoms with Gasteiger partial charge in [-0.1, -0.05) is 5.21 Å². The number of aromatic nitrogens is 5. The van der Waals surface area contributed by atoms with Crippen molar-refractivity contribution in [1.82, 2.24) is 39.7 Å². The summed E-state index contributed by atoms with van der Waals surface area (Å²) in [4.78, 5) is 70.1. The summed E-state index contributed by atoms with van der Waals surface area (Å²) in [6.07, 6.45) is 7.01. The van der Waals surface area contributed by atoms with E-state index in [1.54, 1.807) is 49.0 Å². The molecule has 1 unspecified atom stereocenters. The highest BCUT2D eigenvalue weighted by Crippen LogP contribution is 2.39. The lowest BCUT2D eigenvalue weighted by Crippen LogP contribution is -2.54. The van der Waals surface area contributed by atoms with Crippen LogP contribution in [0.2, 0.25) is 0 Å². The van der Waals surface area contributed by atoms with E-state index in [0.29, 0.717) is 48.0 Å². The van der Waals surface area contributed by atoms with Crippen molar-refractivity contribution in [1.29, 1.82) is 0 Å². The molecule has 270 valence electrons. The zero-order valence-electron chi connectivity index (χ0n) is 29.1. The number of benzene rings is 2. The standard InChI is InChI=1S/C37H34N8O8/c1-42-17-28(24-8-9-38-13-27(24)35(42)48)20-10-31(51-2)29(32(11-20)52-3)18-43-15-22(16-43)44-14-21(40-41-44)19-53-23-4-5-25-26(12-23)37(50)45(36(25)49)30-6-7-33(46)39-34(30)47/h4-5,8-14,17,22,30H,6-7,15-16,18-19H2,1-3H3,(H,39,46,47). The molecule has 0 spiro atoms. The van der Waals surface area contributed by atoms with Gasteiger partial charge in [-0.05, 0) is 53.8 Å². The Morgan fingerprint density at radius 3 is 2.38 bits per heavy atom. The Morgan fingerprint density at radius 2 is 1.64 bits per heavy atom. The molecule has 6 heterocycles. The number of rotatable bonds is 10. The molecule has 0 radical (unpaired) electrons. The summed E-state index contributed by atoms with van der Waals surface area (Å²) in [5.74, 6) is -0.584. The first-order valence-electron chi connectivity index (χ1n) is 16.9. The van der Waals surface area contributed by atoms with Gasteiger partial charge < -0.3 is 18.8 Å². The summed E-state index contributed by atoms with van der Waals surface area (Å²) < 4.78 is 21.0. The number of carbonyl (C=O) groups excluding carboxylic acids is 4. The van der Waals surface area contributed by atoms with Crippen molar-refractivity contribution in [2.45, 2.75) is 38.1 Å². The number of fused-ring (bicyclic) bond motifs is 2. The van der Waals surface area contributed by atoms with Crippen LogP contribution in [0.4, 0.5) is 0 Å². The SMILES string of the molecule is COc1cc(-c2cn(C)c(=O)c3cnccc23)cc(OC)c1CN1CC(n2cc(COc3ccc4c(c3)C(=O)N(C3CCC(=O)NC3=O)C4=O)nn2)C1. The van der Waals surface area contributed by atoms with E-state index in [0.717, 1.165) is 27.0 Å². The van der Waals surface area contributed by atoms with Gasteiger partial charge in [-0.3, -0.25) is 44.1 Å². The van der Waals surface area contributed by atoms with Crippen molar-refractivity contribution in [2.75, 3.05) is 27.3 Å². The maximum atomic E-state index is 13.2. The van der Waals surface area contributed by atoms with Crippen LogP contribution >= 0.6 is 0 Å². The first-order valence-corrected chi connectivity index (χ1v) is 16.9. The number of ether oxygens (including phenoxy) is 3. The van der Waals surface area contributed by atoms with E-state index >= 15 is 0 Å². The third-order valence-electron chi connectivity index (χ3n) is 9.95. The molecule has 16 nitrogen and oxygen atoms in total. The number of methoxy groups -OCH3 is 2. The average Bonchev–Trinajstić information content (AvgIpc) is 3.71. The predicted molar refractivity (Wildman–Crippen MR) is 187 cm³/mol. The van der Waals surface area contributed by atoms with Crippen LogP contribution in [0.1, 0.15) is 50.9 Å². The molecule has 5 aromatic rings. The number of pyridine rings is 2. The Hall–Kier alpha value is -6.42. The lowest BCUT2D eigenvalue weighted by atomic mass is 9.98. The van der Waals surface area contributed by atoms with Gasteiger partial charge in [0.1, 0.15) is 35.6 Å². The second-order valence-corrected chi connectivity index (χ2v) is 13.2. The molecule has 3 aliphatic heterocycles. The van der Waals surface area contributed by atoms with E-state index < -0.39 is 29.7 Å². The molecule has 53 heavy (non-hydrogen) atoms. The third kappa shape index (κ3) is 5.95. The maximum Gasteiger partial charge on any atom is 0.262 e. The summed E-state index contributed by atoms with van der Waals surface area (Å²) in [7, 11) is 4.97. The average molecular weight is 719 g/mol. The van der Waals surface area contributed by atoms with Gasteiger partial charge in [-0.15, -0.1) is 5.10 Å². The number of aryl methyl sites for hydroxylation is 1. The van der Waals surface area contributed by atoms with Gasteiger partial charge in [0.2, 0.25) is 11.8 Å². The molecule has 8 rings (SSSR count). The van der Waals surface area contributed by atoms with E-state index in [-0.39, 0.29) is 42.2 Å². The summed E-state index contributed by atoms with van der Waals surface area (Å²) in [6, 6.07) is 9.36. The highest BCUT2D eigenvalue weighted by molar-refractivity contribution is 6.23. The topological polar surface area (TPSA) is 180 Å². The number of nitrogens with one attached hydrogen (secondary N) is 1. The quantitative estimate of drug-likeness (QED) is 0.209. The zero-order chi connectivity index (χ0) is 37.0. The van der Waals surface area contributed by atoms with Crippen LogP contribution in [-0.4, -0.2) is 91.3 Å². The molecule has 2 fully saturated rings. The molecule has 3 aliphatic rings. The van der Waals surface area contributed by atoms with Gasteiger partial charge in [-0.25, -0.2) is 4.68 Å². The lowest BCUT2D eigenvalue weighted by molar-refractivity contribution is -0.136. The molecule has 0 saturated carbocycles. The summed E-state index contributed by atoms with van der Waals surface area (Å²) in [5, 5.41) is 12.1. The molecule has 4 amide bonds. The van der Waals surface area contributed by atoms with Gasteiger partial charge in [0.05, 0.1) is 48.5 Å². The van der Waals surface area contributed by atoms with Crippen LogP contribution in [0.5, 0.6) is 17.2 Å². The van der Waals surface area contributed by atoms with Crippen molar-refractivity contribution in [3.05, 3.63) is 93.9 Å². The highest BCUT2D eigenvalue weighted by atomic mass is 16.5. The minimum absolute atomic E-state index is 0.0479. The van der Waals surface area contributed by atoms with Crippen LogP contribution < -0.4 is 25.1 Å². The second kappa shape index (κ2) is 13.3. The van der Waals surface area contributed by atoms with Crippen molar-refractivity contribution >= 4 is 34.4 Å². The van der Waals surface area contributed by atoms with Crippen molar-refractivity contribution in [2.24, 2.45) is 7.05 Å². The van der Waals surface area contributed by atoms with Crippen LogP contribution in [0, 0.1) is 0 Å². The number of amides is 4. The van der Waals surface area contributed by atoms with E-state index in [4.69, 9.17) is 14.2 Å². The van der Waals surface area contributed by atoms with Gasteiger partial charge >= 0.3 is 0 Å². The molecule has 0 aliphatic carbocycles. The van der Waals surface area contributed by atoms with Crippen LogP contribution in [0.15, 0.2) is 66.0 Å².